The van der Waals surface area contributed by atoms with Gasteiger partial charge in [0, 0.05) is 0 Å². The largest absolute Gasteiger partial charge is 0.339 e. The smallest absolute Gasteiger partial charge is 0.232 e. The highest BCUT2D eigenvalue weighted by molar-refractivity contribution is 5.16. The van der Waals surface area contributed by atoms with E-state index < -0.39 is 5.54 Å². The van der Waals surface area contributed by atoms with Gasteiger partial charge in [-0.3, -0.25) is 0 Å². The molecule has 0 aromatic carbocycles. The third-order valence-corrected chi connectivity index (χ3v) is 6.16. The molecule has 110 valence electrons. The highest BCUT2D eigenvalue weighted by atomic mass is 16.5. The molecule has 0 aliphatic heterocycles. The predicted molar refractivity (Wildman–Crippen MR) is 76.0 cm³/mol. The third kappa shape index (κ3) is 1.77. The normalized spacial score (nSPS) is 41.9. The Morgan fingerprint density at radius 1 is 1.20 bits per heavy atom. The van der Waals surface area contributed by atoms with Crippen LogP contribution < -0.4 is 5.73 Å². The molecule has 4 heteroatoms. The molecule has 2 N–H and O–H groups in total. The molecule has 0 amide bonds. The minimum atomic E-state index is -0.468. The Morgan fingerprint density at radius 3 is 2.25 bits per heavy atom. The van der Waals surface area contributed by atoms with E-state index in [1.54, 1.807) is 0 Å². The zero-order chi connectivity index (χ0) is 14.0. The van der Waals surface area contributed by atoms with Crippen LogP contribution >= 0.6 is 0 Å². The minimum absolute atomic E-state index is 0.184. The van der Waals surface area contributed by atoms with Gasteiger partial charge in [0.05, 0.1) is 11.0 Å². The van der Waals surface area contributed by atoms with Gasteiger partial charge in [0.25, 0.3) is 0 Å². The number of rotatable bonds is 3. The van der Waals surface area contributed by atoms with E-state index in [0.29, 0.717) is 5.82 Å². The Bertz CT molecular complexity index is 484. The van der Waals surface area contributed by atoms with Crippen molar-refractivity contribution >= 4 is 0 Å². The molecule has 4 fully saturated rings. The second-order valence-corrected chi connectivity index (χ2v) is 7.89. The van der Waals surface area contributed by atoms with Gasteiger partial charge in [0.2, 0.25) is 5.89 Å². The molecule has 1 unspecified atom stereocenters. The van der Waals surface area contributed by atoms with Crippen LogP contribution in [0.4, 0.5) is 0 Å². The van der Waals surface area contributed by atoms with Gasteiger partial charge in [0.15, 0.2) is 5.82 Å². The molecule has 0 spiro atoms. The molecule has 4 nitrogen and oxygen atoms in total. The van der Waals surface area contributed by atoms with Gasteiger partial charge in [0.1, 0.15) is 0 Å². The zero-order valence-corrected chi connectivity index (χ0v) is 12.6. The Balaban J connectivity index is 1.68. The lowest BCUT2D eigenvalue weighted by Crippen LogP contribution is -2.48. The molecule has 4 aliphatic rings. The van der Waals surface area contributed by atoms with Gasteiger partial charge in [-0.15, -0.1) is 0 Å². The molecule has 1 aromatic rings. The van der Waals surface area contributed by atoms with E-state index in [1.807, 2.05) is 6.92 Å². The molecular weight excluding hydrogens is 250 g/mol. The molecule has 0 saturated heterocycles. The lowest BCUT2D eigenvalue weighted by Gasteiger charge is -2.55. The van der Waals surface area contributed by atoms with Crippen LogP contribution in [-0.2, 0) is 11.0 Å². The van der Waals surface area contributed by atoms with Crippen LogP contribution in [0.2, 0.25) is 0 Å². The van der Waals surface area contributed by atoms with Crippen molar-refractivity contribution in [3.63, 3.8) is 0 Å². The van der Waals surface area contributed by atoms with Crippen LogP contribution in [0.15, 0.2) is 4.52 Å². The first-order chi connectivity index (χ1) is 9.51. The molecule has 4 bridgehead atoms. The van der Waals surface area contributed by atoms with Gasteiger partial charge in [-0.1, -0.05) is 12.1 Å². The summed E-state index contributed by atoms with van der Waals surface area (Å²) in [5.41, 5.74) is 5.97. The fraction of sp³-hybridized carbons (Fsp3) is 0.875. The summed E-state index contributed by atoms with van der Waals surface area (Å²) in [4.78, 5) is 4.74. The number of nitrogens with zero attached hydrogens (tertiary/aromatic N) is 2. The number of aromatic nitrogens is 2. The van der Waals surface area contributed by atoms with E-state index in [1.165, 1.54) is 38.5 Å². The summed E-state index contributed by atoms with van der Waals surface area (Å²) in [6.45, 7) is 4.06. The van der Waals surface area contributed by atoms with Crippen molar-refractivity contribution in [1.29, 1.82) is 0 Å². The SMILES string of the molecule is CCC(C)(N)c1noc(C23CC4CC(CC(C4)C2)C3)n1. The lowest BCUT2D eigenvalue weighted by molar-refractivity contribution is -0.0201. The topological polar surface area (TPSA) is 64.9 Å². The monoisotopic (exact) mass is 275 g/mol. The molecular formula is C16H25N3O. The lowest BCUT2D eigenvalue weighted by atomic mass is 9.49. The van der Waals surface area contributed by atoms with Crippen molar-refractivity contribution in [1.82, 2.24) is 10.1 Å². The van der Waals surface area contributed by atoms with E-state index in [0.717, 1.165) is 30.1 Å². The second-order valence-electron chi connectivity index (χ2n) is 7.89. The maximum absolute atomic E-state index is 6.26. The molecule has 0 radical (unpaired) electrons. The van der Waals surface area contributed by atoms with Crippen molar-refractivity contribution in [2.45, 2.75) is 69.7 Å². The fourth-order valence-corrected chi connectivity index (χ4v) is 5.20. The quantitative estimate of drug-likeness (QED) is 0.920. The number of nitrogens with two attached hydrogens (primary N) is 1. The van der Waals surface area contributed by atoms with Crippen LogP contribution in [0.25, 0.3) is 0 Å². The Morgan fingerprint density at radius 2 is 1.75 bits per heavy atom. The highest BCUT2D eigenvalue weighted by Crippen LogP contribution is 2.60. The molecule has 5 rings (SSSR count). The van der Waals surface area contributed by atoms with Crippen molar-refractivity contribution in [2.75, 3.05) is 0 Å². The summed E-state index contributed by atoms with van der Waals surface area (Å²) in [5.74, 6) is 4.26. The van der Waals surface area contributed by atoms with Gasteiger partial charge >= 0.3 is 0 Å². The maximum atomic E-state index is 6.26. The Hall–Kier alpha value is -0.900. The number of hydrogen-bond acceptors (Lipinski definition) is 4. The van der Waals surface area contributed by atoms with Crippen molar-refractivity contribution in [3.05, 3.63) is 11.7 Å². The van der Waals surface area contributed by atoms with Crippen molar-refractivity contribution in [3.8, 4) is 0 Å². The van der Waals surface area contributed by atoms with E-state index in [-0.39, 0.29) is 5.41 Å². The molecule has 20 heavy (non-hydrogen) atoms. The summed E-state index contributed by atoms with van der Waals surface area (Å²) in [6.07, 6.45) is 8.90. The molecule has 1 aromatic heterocycles. The standard InChI is InChI=1S/C16H25N3O/c1-3-15(2,17)13-18-14(20-19-13)16-7-10-4-11(8-16)6-12(5-10)9-16/h10-12H,3-9,17H2,1-2H3. The molecule has 4 aliphatic carbocycles. The van der Waals surface area contributed by atoms with Crippen LogP contribution in [0, 0.1) is 17.8 Å². The molecule has 1 heterocycles. The van der Waals surface area contributed by atoms with Crippen LogP contribution in [0.1, 0.15) is 70.5 Å². The van der Waals surface area contributed by atoms with Gasteiger partial charge < -0.3 is 10.3 Å². The fourth-order valence-electron chi connectivity index (χ4n) is 5.20. The van der Waals surface area contributed by atoms with E-state index in [9.17, 15) is 0 Å². The first-order valence-corrected chi connectivity index (χ1v) is 8.14. The van der Waals surface area contributed by atoms with E-state index in [4.69, 9.17) is 15.2 Å². The summed E-state index contributed by atoms with van der Waals surface area (Å²) in [6, 6.07) is 0. The summed E-state index contributed by atoms with van der Waals surface area (Å²) >= 11 is 0. The zero-order valence-electron chi connectivity index (χ0n) is 12.6. The van der Waals surface area contributed by atoms with Gasteiger partial charge in [-0.25, -0.2) is 0 Å². The van der Waals surface area contributed by atoms with Gasteiger partial charge in [-0.05, 0) is 69.6 Å². The highest BCUT2D eigenvalue weighted by Gasteiger charge is 2.54. The Labute approximate surface area is 120 Å². The third-order valence-electron chi connectivity index (χ3n) is 6.16. The summed E-state index contributed by atoms with van der Waals surface area (Å²) in [7, 11) is 0. The van der Waals surface area contributed by atoms with Gasteiger partial charge in [-0.2, -0.15) is 4.98 Å². The molecule has 1 atom stereocenters. The van der Waals surface area contributed by atoms with Crippen LogP contribution in [0.3, 0.4) is 0 Å². The van der Waals surface area contributed by atoms with Crippen LogP contribution in [0.5, 0.6) is 0 Å². The number of hydrogen-bond donors (Lipinski definition) is 1. The summed E-state index contributed by atoms with van der Waals surface area (Å²) < 4.78 is 5.70. The predicted octanol–water partition coefficient (Wildman–Crippen LogP) is 3.12. The van der Waals surface area contributed by atoms with Crippen molar-refractivity contribution in [2.24, 2.45) is 23.5 Å². The molecule has 4 saturated carbocycles. The first-order valence-electron chi connectivity index (χ1n) is 8.14. The summed E-state index contributed by atoms with van der Waals surface area (Å²) in [5, 5.41) is 4.20. The van der Waals surface area contributed by atoms with E-state index >= 15 is 0 Å². The minimum Gasteiger partial charge on any atom is -0.339 e. The average molecular weight is 275 g/mol. The maximum Gasteiger partial charge on any atom is 0.232 e. The van der Waals surface area contributed by atoms with Crippen molar-refractivity contribution < 1.29 is 4.52 Å². The Kier molecular flexibility index (Phi) is 2.60. The van der Waals surface area contributed by atoms with E-state index in [2.05, 4.69) is 12.1 Å². The van der Waals surface area contributed by atoms with Crippen LogP contribution in [-0.4, -0.2) is 10.1 Å². The first kappa shape index (κ1) is 12.8. The average Bonchev–Trinajstić information content (AvgIpc) is 2.88. The second kappa shape index (κ2) is 4.06.